The lowest BCUT2D eigenvalue weighted by molar-refractivity contribution is -0.199. The molecule has 66 valence electrons. The second kappa shape index (κ2) is 5.35. The van der Waals surface area contributed by atoms with Gasteiger partial charge in [0.25, 0.3) is 0 Å². The van der Waals surface area contributed by atoms with Crippen LogP contribution >= 0.6 is 11.6 Å². The van der Waals surface area contributed by atoms with Crippen molar-refractivity contribution in [3.05, 3.63) is 0 Å². The minimum atomic E-state index is -0.888. The van der Waals surface area contributed by atoms with E-state index in [0.717, 1.165) is 0 Å². The third-order valence-corrected chi connectivity index (χ3v) is 1.06. The highest BCUT2D eigenvalue weighted by Crippen LogP contribution is 2.02. The molecule has 0 heterocycles. The fourth-order valence-electron chi connectivity index (χ4n) is 0.484. The van der Waals surface area contributed by atoms with Crippen molar-refractivity contribution in [2.45, 2.75) is 26.4 Å². The molecule has 0 aliphatic rings. The molecule has 0 radical (unpaired) electrons. The summed E-state index contributed by atoms with van der Waals surface area (Å²) in [4.78, 5) is 10.1. The number of hydrogen-bond acceptors (Lipinski definition) is 4. The number of hydrogen-bond donors (Lipinski definition) is 0. The van der Waals surface area contributed by atoms with Crippen molar-refractivity contribution in [3.8, 4) is 0 Å². The molecule has 0 aromatic heterocycles. The Morgan fingerprint density at radius 1 is 1.36 bits per heavy atom. The van der Waals surface area contributed by atoms with Gasteiger partial charge in [-0.2, -0.15) is 0 Å². The first-order valence-corrected chi connectivity index (χ1v) is 3.48. The number of carbonyl (C=O) groups excluding carboxylic acids is 1. The molecule has 0 aliphatic carbocycles. The van der Waals surface area contributed by atoms with E-state index in [9.17, 15) is 4.79 Å². The van der Waals surface area contributed by atoms with Gasteiger partial charge in [-0.15, -0.1) is 0 Å². The summed E-state index contributed by atoms with van der Waals surface area (Å²) in [5.74, 6) is 0. The summed E-state index contributed by atoms with van der Waals surface area (Å²) < 4.78 is 14.2. The summed E-state index contributed by atoms with van der Waals surface area (Å²) >= 11 is 4.92. The normalized spacial score (nSPS) is 15.6. The van der Waals surface area contributed by atoms with E-state index in [0.29, 0.717) is 0 Å². The first kappa shape index (κ1) is 10.7. The Balaban J connectivity index is 3.51. The molecule has 0 aliphatic heterocycles. The average Bonchev–Trinajstić information content (AvgIpc) is 1.85. The molecule has 0 saturated carbocycles. The maximum atomic E-state index is 10.1. The van der Waals surface area contributed by atoms with Crippen molar-refractivity contribution in [3.63, 3.8) is 0 Å². The van der Waals surface area contributed by atoms with Gasteiger partial charge in [0.2, 0.25) is 6.29 Å². The molecule has 0 rings (SSSR count). The van der Waals surface area contributed by atoms with Crippen LogP contribution in [0.4, 0.5) is 4.79 Å². The predicted molar refractivity (Wildman–Crippen MR) is 39.4 cm³/mol. The van der Waals surface area contributed by atoms with Crippen LogP contribution in [-0.4, -0.2) is 25.1 Å². The maximum Gasteiger partial charge on any atom is 0.406 e. The van der Waals surface area contributed by atoms with E-state index >= 15 is 0 Å². The molecule has 0 bridgehead atoms. The molecule has 0 aromatic carbocycles. The molecule has 0 fully saturated rings. The minimum absolute atomic E-state index is 0.416. The number of methoxy groups -OCH3 is 1. The van der Waals surface area contributed by atoms with Gasteiger partial charge in [0, 0.05) is 18.7 Å². The van der Waals surface area contributed by atoms with Crippen LogP contribution in [-0.2, 0) is 14.2 Å². The molecule has 2 unspecified atom stereocenters. The molecular weight excluding hydrogens is 172 g/mol. The van der Waals surface area contributed by atoms with Crippen LogP contribution in [0.15, 0.2) is 0 Å². The van der Waals surface area contributed by atoms with E-state index < -0.39 is 18.0 Å². The van der Waals surface area contributed by atoms with E-state index in [2.05, 4.69) is 4.74 Å². The van der Waals surface area contributed by atoms with Crippen LogP contribution in [0.1, 0.15) is 13.8 Å². The molecule has 0 N–H and O–H groups in total. The highest BCUT2D eigenvalue weighted by molar-refractivity contribution is 6.61. The number of carbonyl (C=O) groups is 1. The quantitative estimate of drug-likeness (QED) is 0.491. The minimum Gasteiger partial charge on any atom is -0.424 e. The van der Waals surface area contributed by atoms with Crippen LogP contribution in [0.25, 0.3) is 0 Å². The second-order valence-corrected chi connectivity index (χ2v) is 2.17. The lowest BCUT2D eigenvalue weighted by Crippen LogP contribution is -2.21. The zero-order chi connectivity index (χ0) is 8.85. The number of rotatable bonds is 4. The van der Waals surface area contributed by atoms with Crippen LogP contribution < -0.4 is 0 Å². The number of ether oxygens (including phenoxy) is 3. The molecule has 4 nitrogen and oxygen atoms in total. The lowest BCUT2D eigenvalue weighted by Gasteiger charge is -2.16. The zero-order valence-corrected chi connectivity index (χ0v) is 7.42. The van der Waals surface area contributed by atoms with E-state index in [1.54, 1.807) is 13.8 Å². The SMILES string of the molecule is COC(C)OC(C)OC(=O)Cl. The van der Waals surface area contributed by atoms with Gasteiger partial charge in [0.1, 0.15) is 0 Å². The summed E-state index contributed by atoms with van der Waals surface area (Å²) in [6, 6.07) is 0. The molecule has 5 heteroatoms. The molecule has 0 spiro atoms. The topological polar surface area (TPSA) is 44.8 Å². The third-order valence-electron chi connectivity index (χ3n) is 0.974. The zero-order valence-electron chi connectivity index (χ0n) is 6.67. The Morgan fingerprint density at radius 2 is 1.91 bits per heavy atom. The predicted octanol–water partition coefficient (Wildman–Crippen LogP) is 1.72. The lowest BCUT2D eigenvalue weighted by atomic mass is 10.7. The van der Waals surface area contributed by atoms with E-state index in [1.807, 2.05) is 0 Å². The van der Waals surface area contributed by atoms with Gasteiger partial charge < -0.3 is 14.2 Å². The highest BCUT2D eigenvalue weighted by Gasteiger charge is 2.10. The largest absolute Gasteiger partial charge is 0.424 e. The van der Waals surface area contributed by atoms with Gasteiger partial charge >= 0.3 is 5.43 Å². The summed E-state index contributed by atoms with van der Waals surface area (Å²) in [5, 5.41) is 0. The molecule has 2 atom stereocenters. The first-order valence-electron chi connectivity index (χ1n) is 3.10. The van der Waals surface area contributed by atoms with Gasteiger partial charge in [0.15, 0.2) is 6.29 Å². The van der Waals surface area contributed by atoms with Crippen molar-refractivity contribution in [2.75, 3.05) is 7.11 Å². The van der Waals surface area contributed by atoms with Gasteiger partial charge in [-0.3, -0.25) is 0 Å². The van der Waals surface area contributed by atoms with E-state index in [1.165, 1.54) is 7.11 Å². The number of halogens is 1. The maximum absolute atomic E-state index is 10.1. The fraction of sp³-hybridized carbons (Fsp3) is 0.833. The monoisotopic (exact) mass is 182 g/mol. The Labute approximate surface area is 70.4 Å². The van der Waals surface area contributed by atoms with Crippen LogP contribution in [0.2, 0.25) is 0 Å². The smallest absolute Gasteiger partial charge is 0.406 e. The molecule has 0 saturated heterocycles. The Kier molecular flexibility index (Phi) is 5.19. The summed E-state index contributed by atoms with van der Waals surface area (Å²) in [6.45, 7) is 3.23. The van der Waals surface area contributed by atoms with Gasteiger partial charge in [-0.1, -0.05) is 0 Å². The summed E-state index contributed by atoms with van der Waals surface area (Å²) in [6.07, 6.45) is -1.10. The van der Waals surface area contributed by atoms with Crippen molar-refractivity contribution < 1.29 is 19.0 Å². The van der Waals surface area contributed by atoms with Gasteiger partial charge in [-0.25, -0.2) is 4.79 Å². The standard InChI is InChI=1S/C6H11ClO4/c1-4(9-3)10-5(2)11-6(7)8/h4-5H,1-3H3. The van der Waals surface area contributed by atoms with Crippen molar-refractivity contribution >= 4 is 17.0 Å². The van der Waals surface area contributed by atoms with Gasteiger partial charge in [0.05, 0.1) is 0 Å². The first-order chi connectivity index (χ1) is 5.06. The second-order valence-electron chi connectivity index (χ2n) is 1.86. The van der Waals surface area contributed by atoms with Crippen LogP contribution in [0.5, 0.6) is 0 Å². The van der Waals surface area contributed by atoms with Crippen molar-refractivity contribution in [1.82, 2.24) is 0 Å². The molecule has 0 aromatic rings. The highest BCUT2D eigenvalue weighted by atomic mass is 35.5. The third kappa shape index (κ3) is 6.09. The molecule has 0 amide bonds. The van der Waals surface area contributed by atoms with Gasteiger partial charge in [-0.05, 0) is 13.8 Å². The van der Waals surface area contributed by atoms with Crippen molar-refractivity contribution in [2.24, 2.45) is 0 Å². The Bertz CT molecular complexity index is 128. The van der Waals surface area contributed by atoms with E-state index in [-0.39, 0.29) is 0 Å². The van der Waals surface area contributed by atoms with Crippen LogP contribution in [0, 0.1) is 0 Å². The summed E-state index contributed by atoms with van der Waals surface area (Å²) in [7, 11) is 1.49. The summed E-state index contributed by atoms with van der Waals surface area (Å²) in [5.41, 5.74) is -0.888. The molecular formula is C6H11ClO4. The fourth-order valence-corrected chi connectivity index (χ4v) is 0.609. The Morgan fingerprint density at radius 3 is 2.27 bits per heavy atom. The Hall–Kier alpha value is -0.320. The van der Waals surface area contributed by atoms with Crippen molar-refractivity contribution in [1.29, 1.82) is 0 Å². The average molecular weight is 183 g/mol. The van der Waals surface area contributed by atoms with E-state index in [4.69, 9.17) is 21.1 Å². The molecule has 11 heavy (non-hydrogen) atoms. The van der Waals surface area contributed by atoms with Crippen LogP contribution in [0.3, 0.4) is 0 Å².